The van der Waals surface area contributed by atoms with Gasteiger partial charge < -0.3 is 15.4 Å². The van der Waals surface area contributed by atoms with E-state index in [1.165, 1.54) is 0 Å². The van der Waals surface area contributed by atoms with E-state index in [-0.39, 0.29) is 0 Å². The first-order valence-electron chi connectivity index (χ1n) is 7.45. The van der Waals surface area contributed by atoms with Gasteiger partial charge in [-0.1, -0.05) is 13.8 Å². The van der Waals surface area contributed by atoms with Gasteiger partial charge in [-0.05, 0) is 26.7 Å². The summed E-state index contributed by atoms with van der Waals surface area (Å²) in [6.45, 7) is 10.9. The summed E-state index contributed by atoms with van der Waals surface area (Å²) in [5.74, 6) is 3.08. The molecule has 0 atom stereocenters. The fraction of sp³-hybridized carbons (Fsp3) is 0.733. The molecule has 0 aromatic carbocycles. The smallest absolute Gasteiger partial charge is 0.135 e. The Morgan fingerprint density at radius 1 is 1.10 bits per heavy atom. The summed E-state index contributed by atoms with van der Waals surface area (Å²) in [5, 5.41) is 6.73. The summed E-state index contributed by atoms with van der Waals surface area (Å²) in [7, 11) is 1.74. The standard InChI is InChI=1S/C15H28N4O/c1-6-16-14-12(4)15(17-9-7-8-10-20-5)19-13(18-14)11(2)3/h11H,6-10H2,1-5H3,(H2,16,17,18,19). The normalized spacial score (nSPS) is 10.9. The molecule has 5 heteroatoms. The molecule has 114 valence electrons. The number of nitrogens with one attached hydrogen (secondary N) is 2. The van der Waals surface area contributed by atoms with Crippen molar-refractivity contribution < 1.29 is 4.74 Å². The van der Waals surface area contributed by atoms with E-state index in [1.807, 2.05) is 0 Å². The molecule has 1 heterocycles. The van der Waals surface area contributed by atoms with Crippen LogP contribution in [0.3, 0.4) is 0 Å². The highest BCUT2D eigenvalue weighted by Crippen LogP contribution is 2.23. The fourth-order valence-corrected chi connectivity index (χ4v) is 1.88. The molecule has 0 bridgehead atoms. The monoisotopic (exact) mass is 280 g/mol. The third-order valence-electron chi connectivity index (χ3n) is 3.09. The Morgan fingerprint density at radius 3 is 2.30 bits per heavy atom. The second kappa shape index (κ2) is 8.74. The Kier molecular flexibility index (Phi) is 7.30. The van der Waals surface area contributed by atoms with Crippen molar-refractivity contribution in [1.82, 2.24) is 9.97 Å². The van der Waals surface area contributed by atoms with E-state index in [0.29, 0.717) is 5.92 Å². The summed E-state index contributed by atoms with van der Waals surface area (Å²) >= 11 is 0. The third kappa shape index (κ3) is 4.96. The van der Waals surface area contributed by atoms with Crippen LogP contribution in [0.1, 0.15) is 50.9 Å². The van der Waals surface area contributed by atoms with Gasteiger partial charge in [-0.3, -0.25) is 0 Å². The van der Waals surface area contributed by atoms with Crippen molar-refractivity contribution in [2.45, 2.75) is 46.5 Å². The second-order valence-electron chi connectivity index (χ2n) is 5.22. The summed E-state index contributed by atoms with van der Waals surface area (Å²) < 4.78 is 5.06. The van der Waals surface area contributed by atoms with E-state index in [0.717, 1.165) is 55.6 Å². The molecule has 0 aliphatic heterocycles. The Morgan fingerprint density at radius 2 is 1.75 bits per heavy atom. The summed E-state index contributed by atoms with van der Waals surface area (Å²) in [4.78, 5) is 9.24. The van der Waals surface area contributed by atoms with E-state index in [9.17, 15) is 0 Å². The molecule has 0 saturated heterocycles. The molecule has 1 aromatic heterocycles. The Bertz CT molecular complexity index is 407. The van der Waals surface area contributed by atoms with Crippen molar-refractivity contribution in [1.29, 1.82) is 0 Å². The van der Waals surface area contributed by atoms with Crippen LogP contribution in [0.4, 0.5) is 11.6 Å². The molecule has 1 aromatic rings. The Hall–Kier alpha value is -1.36. The SMILES string of the molecule is CCNc1nc(C(C)C)nc(NCCCCOC)c1C. The lowest BCUT2D eigenvalue weighted by molar-refractivity contribution is 0.194. The molecule has 1 rings (SSSR count). The van der Waals surface area contributed by atoms with Gasteiger partial charge in [0.15, 0.2) is 0 Å². The maximum atomic E-state index is 5.06. The van der Waals surface area contributed by atoms with E-state index < -0.39 is 0 Å². The Labute approximate surface area is 122 Å². The quantitative estimate of drug-likeness (QED) is 0.680. The molecule has 5 nitrogen and oxygen atoms in total. The van der Waals surface area contributed by atoms with Crippen LogP contribution < -0.4 is 10.6 Å². The number of anilines is 2. The number of unbranched alkanes of at least 4 members (excludes halogenated alkanes) is 1. The average molecular weight is 280 g/mol. The maximum Gasteiger partial charge on any atom is 0.135 e. The molecule has 0 saturated carbocycles. The molecule has 0 radical (unpaired) electrons. The van der Waals surface area contributed by atoms with Gasteiger partial charge in [0.1, 0.15) is 17.5 Å². The van der Waals surface area contributed by atoms with Crippen LogP contribution in [-0.4, -0.2) is 36.8 Å². The Balaban J connectivity index is 2.76. The van der Waals surface area contributed by atoms with Crippen LogP contribution in [0.2, 0.25) is 0 Å². The van der Waals surface area contributed by atoms with E-state index >= 15 is 0 Å². The van der Waals surface area contributed by atoms with Crippen molar-refractivity contribution in [3.63, 3.8) is 0 Å². The molecular formula is C15H28N4O. The molecule has 0 spiro atoms. The number of hydrogen-bond donors (Lipinski definition) is 2. The van der Waals surface area contributed by atoms with Crippen molar-refractivity contribution in [2.75, 3.05) is 37.4 Å². The van der Waals surface area contributed by atoms with Crippen LogP contribution in [0.25, 0.3) is 0 Å². The molecule has 2 N–H and O–H groups in total. The predicted molar refractivity (Wildman–Crippen MR) is 84.6 cm³/mol. The number of rotatable bonds is 9. The first-order chi connectivity index (χ1) is 9.60. The topological polar surface area (TPSA) is 59.1 Å². The minimum atomic E-state index is 0.321. The second-order valence-corrected chi connectivity index (χ2v) is 5.22. The zero-order valence-corrected chi connectivity index (χ0v) is 13.4. The van der Waals surface area contributed by atoms with E-state index in [1.54, 1.807) is 7.11 Å². The van der Waals surface area contributed by atoms with Gasteiger partial charge in [0, 0.05) is 38.3 Å². The zero-order valence-electron chi connectivity index (χ0n) is 13.4. The first-order valence-corrected chi connectivity index (χ1v) is 7.45. The minimum absolute atomic E-state index is 0.321. The van der Waals surface area contributed by atoms with Crippen molar-refractivity contribution >= 4 is 11.6 Å². The van der Waals surface area contributed by atoms with Crippen LogP contribution in [0.5, 0.6) is 0 Å². The molecular weight excluding hydrogens is 252 g/mol. The lowest BCUT2D eigenvalue weighted by atomic mass is 10.2. The molecule has 0 amide bonds. The molecule has 20 heavy (non-hydrogen) atoms. The first kappa shape index (κ1) is 16.7. The fourth-order valence-electron chi connectivity index (χ4n) is 1.88. The zero-order chi connectivity index (χ0) is 15.0. The third-order valence-corrected chi connectivity index (χ3v) is 3.09. The largest absolute Gasteiger partial charge is 0.385 e. The van der Waals surface area contributed by atoms with Crippen LogP contribution in [0, 0.1) is 6.92 Å². The van der Waals surface area contributed by atoms with Gasteiger partial charge in [0.2, 0.25) is 0 Å². The van der Waals surface area contributed by atoms with Gasteiger partial charge in [-0.25, -0.2) is 9.97 Å². The maximum absolute atomic E-state index is 5.06. The molecule has 0 aliphatic rings. The number of methoxy groups -OCH3 is 1. The van der Waals surface area contributed by atoms with Crippen molar-refractivity contribution in [3.05, 3.63) is 11.4 Å². The number of hydrogen-bond acceptors (Lipinski definition) is 5. The molecule has 0 aliphatic carbocycles. The summed E-state index contributed by atoms with van der Waals surface area (Å²) in [6.07, 6.45) is 2.13. The van der Waals surface area contributed by atoms with Crippen LogP contribution >= 0.6 is 0 Å². The van der Waals surface area contributed by atoms with Crippen LogP contribution in [-0.2, 0) is 4.74 Å². The van der Waals surface area contributed by atoms with Gasteiger partial charge in [-0.15, -0.1) is 0 Å². The minimum Gasteiger partial charge on any atom is -0.385 e. The van der Waals surface area contributed by atoms with E-state index in [2.05, 4.69) is 48.3 Å². The predicted octanol–water partition coefficient (Wildman–Crippen LogP) is 3.18. The van der Waals surface area contributed by atoms with Crippen LogP contribution in [0.15, 0.2) is 0 Å². The lowest BCUT2D eigenvalue weighted by Gasteiger charge is -2.16. The van der Waals surface area contributed by atoms with Crippen molar-refractivity contribution in [3.8, 4) is 0 Å². The molecule has 0 fully saturated rings. The average Bonchev–Trinajstić information content (AvgIpc) is 2.42. The van der Waals surface area contributed by atoms with Crippen molar-refractivity contribution in [2.24, 2.45) is 0 Å². The summed E-state index contributed by atoms with van der Waals surface area (Å²) in [5.41, 5.74) is 1.09. The van der Waals surface area contributed by atoms with Gasteiger partial charge in [-0.2, -0.15) is 0 Å². The van der Waals surface area contributed by atoms with E-state index in [4.69, 9.17) is 4.74 Å². The molecule has 0 unspecified atom stereocenters. The summed E-state index contributed by atoms with van der Waals surface area (Å²) in [6, 6.07) is 0. The number of nitrogens with zero attached hydrogens (tertiary/aromatic N) is 2. The highest BCUT2D eigenvalue weighted by Gasteiger charge is 2.12. The highest BCUT2D eigenvalue weighted by molar-refractivity contribution is 5.57. The lowest BCUT2D eigenvalue weighted by Crippen LogP contribution is -2.13. The van der Waals surface area contributed by atoms with Gasteiger partial charge in [0.05, 0.1) is 0 Å². The highest BCUT2D eigenvalue weighted by atomic mass is 16.5. The number of ether oxygens (including phenoxy) is 1. The van der Waals surface area contributed by atoms with Gasteiger partial charge >= 0.3 is 0 Å². The number of aromatic nitrogens is 2. The van der Waals surface area contributed by atoms with Gasteiger partial charge in [0.25, 0.3) is 0 Å².